The number of rotatable bonds is 4. The van der Waals surface area contributed by atoms with E-state index in [2.05, 4.69) is 26.6 Å². The summed E-state index contributed by atoms with van der Waals surface area (Å²) < 4.78 is 0.991. The number of urea groups is 1. The second kappa shape index (κ2) is 7.36. The van der Waals surface area contributed by atoms with Gasteiger partial charge in [0.05, 0.1) is 5.69 Å². The van der Waals surface area contributed by atoms with Gasteiger partial charge in [0.2, 0.25) is 0 Å². The first kappa shape index (κ1) is 14.9. The summed E-state index contributed by atoms with van der Waals surface area (Å²) in [6.45, 7) is 0.481. The van der Waals surface area contributed by atoms with Crippen LogP contribution < -0.4 is 10.6 Å². The van der Waals surface area contributed by atoms with Crippen molar-refractivity contribution in [1.29, 1.82) is 0 Å². The van der Waals surface area contributed by atoms with Gasteiger partial charge in [0, 0.05) is 15.9 Å². The average Bonchev–Trinajstić information content (AvgIpc) is 2.47. The van der Waals surface area contributed by atoms with Crippen LogP contribution in [0.3, 0.4) is 0 Å². The SMILES string of the molecule is CSc1ccccc1NC(=O)NCc1ccccc1Br. The highest BCUT2D eigenvalue weighted by molar-refractivity contribution is 9.10. The number of carbonyl (C=O) groups is 1. The summed E-state index contributed by atoms with van der Waals surface area (Å²) in [7, 11) is 0. The minimum Gasteiger partial charge on any atom is -0.334 e. The Bertz CT molecular complexity index is 604. The van der Waals surface area contributed by atoms with Crippen molar-refractivity contribution in [3.05, 3.63) is 58.6 Å². The predicted octanol–water partition coefficient (Wildman–Crippen LogP) is 4.49. The van der Waals surface area contributed by atoms with E-state index in [0.717, 1.165) is 20.6 Å². The second-order valence-corrected chi connectivity index (χ2v) is 5.80. The Hall–Kier alpha value is -1.46. The van der Waals surface area contributed by atoms with Crippen LogP contribution in [0, 0.1) is 0 Å². The number of amides is 2. The van der Waals surface area contributed by atoms with E-state index >= 15 is 0 Å². The molecule has 0 heterocycles. The molecule has 0 aromatic heterocycles. The number of hydrogen-bond acceptors (Lipinski definition) is 2. The van der Waals surface area contributed by atoms with Crippen LogP contribution in [0.2, 0.25) is 0 Å². The third-order valence-corrected chi connectivity index (χ3v) is 4.32. The topological polar surface area (TPSA) is 41.1 Å². The summed E-state index contributed by atoms with van der Waals surface area (Å²) in [5.41, 5.74) is 1.87. The predicted molar refractivity (Wildman–Crippen MR) is 88.2 cm³/mol. The quantitative estimate of drug-likeness (QED) is 0.797. The van der Waals surface area contributed by atoms with Gasteiger partial charge in [-0.2, -0.15) is 0 Å². The van der Waals surface area contributed by atoms with Crippen LogP contribution in [0.15, 0.2) is 57.9 Å². The van der Waals surface area contributed by atoms with E-state index in [-0.39, 0.29) is 6.03 Å². The molecule has 0 aliphatic carbocycles. The van der Waals surface area contributed by atoms with E-state index in [0.29, 0.717) is 6.54 Å². The number of nitrogens with one attached hydrogen (secondary N) is 2. The Kier molecular flexibility index (Phi) is 5.49. The highest BCUT2D eigenvalue weighted by atomic mass is 79.9. The lowest BCUT2D eigenvalue weighted by molar-refractivity contribution is 0.251. The maximum absolute atomic E-state index is 11.9. The molecule has 0 spiro atoms. The molecule has 20 heavy (non-hydrogen) atoms. The molecule has 0 radical (unpaired) electrons. The number of anilines is 1. The maximum atomic E-state index is 11.9. The number of para-hydroxylation sites is 1. The third-order valence-electron chi connectivity index (χ3n) is 2.75. The van der Waals surface area contributed by atoms with Gasteiger partial charge in [-0.25, -0.2) is 4.79 Å². The van der Waals surface area contributed by atoms with Crippen LogP contribution in [0.5, 0.6) is 0 Å². The second-order valence-electron chi connectivity index (χ2n) is 4.10. The lowest BCUT2D eigenvalue weighted by Crippen LogP contribution is -2.28. The average molecular weight is 351 g/mol. The van der Waals surface area contributed by atoms with Gasteiger partial charge in [0.25, 0.3) is 0 Å². The highest BCUT2D eigenvalue weighted by Crippen LogP contribution is 2.24. The van der Waals surface area contributed by atoms with Gasteiger partial charge < -0.3 is 10.6 Å². The fourth-order valence-electron chi connectivity index (χ4n) is 1.73. The van der Waals surface area contributed by atoms with Crippen molar-refractivity contribution < 1.29 is 4.79 Å². The smallest absolute Gasteiger partial charge is 0.319 e. The van der Waals surface area contributed by atoms with Crippen molar-refractivity contribution in [1.82, 2.24) is 5.32 Å². The van der Waals surface area contributed by atoms with Crippen molar-refractivity contribution in [2.24, 2.45) is 0 Å². The van der Waals surface area contributed by atoms with Gasteiger partial charge in [-0.05, 0) is 30.0 Å². The summed E-state index contributed by atoms with van der Waals surface area (Å²) >= 11 is 5.07. The molecule has 0 bridgehead atoms. The zero-order valence-electron chi connectivity index (χ0n) is 11.0. The van der Waals surface area contributed by atoms with Gasteiger partial charge in [-0.3, -0.25) is 0 Å². The molecule has 2 rings (SSSR count). The van der Waals surface area contributed by atoms with Crippen LogP contribution in [0.1, 0.15) is 5.56 Å². The molecule has 2 aromatic rings. The molecule has 2 aromatic carbocycles. The molecule has 104 valence electrons. The summed E-state index contributed by atoms with van der Waals surface area (Å²) in [6, 6.07) is 15.3. The Balaban J connectivity index is 1.95. The molecular formula is C15H15BrN2OS. The molecule has 0 fully saturated rings. The maximum Gasteiger partial charge on any atom is 0.319 e. The summed E-state index contributed by atoms with van der Waals surface area (Å²) in [6.07, 6.45) is 1.99. The summed E-state index contributed by atoms with van der Waals surface area (Å²) in [5.74, 6) is 0. The van der Waals surface area contributed by atoms with Crippen molar-refractivity contribution >= 4 is 39.4 Å². The molecule has 5 heteroatoms. The summed E-state index contributed by atoms with van der Waals surface area (Å²) in [5, 5.41) is 5.72. The number of thioether (sulfide) groups is 1. The number of carbonyl (C=O) groups excluding carboxylic acids is 1. The Morgan fingerprint density at radius 1 is 1.15 bits per heavy atom. The highest BCUT2D eigenvalue weighted by Gasteiger charge is 2.06. The molecule has 0 saturated carbocycles. The van der Waals surface area contributed by atoms with Crippen LogP contribution in [0.25, 0.3) is 0 Å². The third kappa shape index (κ3) is 4.02. The van der Waals surface area contributed by atoms with Gasteiger partial charge in [-0.1, -0.05) is 46.3 Å². The van der Waals surface area contributed by atoms with Gasteiger partial charge >= 0.3 is 6.03 Å². The van der Waals surface area contributed by atoms with Gasteiger partial charge in [0.15, 0.2) is 0 Å². The van der Waals surface area contributed by atoms with Crippen molar-refractivity contribution in [3.63, 3.8) is 0 Å². The Morgan fingerprint density at radius 3 is 2.60 bits per heavy atom. The van der Waals surface area contributed by atoms with E-state index in [9.17, 15) is 4.79 Å². The van der Waals surface area contributed by atoms with E-state index in [1.54, 1.807) is 11.8 Å². The van der Waals surface area contributed by atoms with Gasteiger partial charge in [-0.15, -0.1) is 11.8 Å². The summed E-state index contributed by atoms with van der Waals surface area (Å²) in [4.78, 5) is 13.0. The first-order valence-corrected chi connectivity index (χ1v) is 8.14. The van der Waals surface area contributed by atoms with Crippen LogP contribution in [0.4, 0.5) is 10.5 Å². The normalized spacial score (nSPS) is 10.1. The molecule has 0 saturated heterocycles. The first-order valence-electron chi connectivity index (χ1n) is 6.12. The monoisotopic (exact) mass is 350 g/mol. The van der Waals surface area contributed by atoms with Crippen molar-refractivity contribution in [3.8, 4) is 0 Å². The van der Waals surface area contributed by atoms with Crippen LogP contribution in [-0.4, -0.2) is 12.3 Å². The Morgan fingerprint density at radius 2 is 1.85 bits per heavy atom. The zero-order valence-corrected chi connectivity index (χ0v) is 13.4. The molecule has 2 amide bonds. The largest absolute Gasteiger partial charge is 0.334 e. The minimum atomic E-state index is -0.206. The lowest BCUT2D eigenvalue weighted by Gasteiger charge is -2.11. The van der Waals surface area contributed by atoms with E-state index in [1.807, 2.05) is 54.8 Å². The standard InChI is InChI=1S/C15H15BrN2OS/c1-20-14-9-5-4-8-13(14)18-15(19)17-10-11-6-2-3-7-12(11)16/h2-9H,10H2,1H3,(H2,17,18,19). The van der Waals surface area contributed by atoms with Crippen LogP contribution >= 0.6 is 27.7 Å². The molecule has 0 unspecified atom stereocenters. The van der Waals surface area contributed by atoms with E-state index in [1.165, 1.54) is 0 Å². The fraction of sp³-hybridized carbons (Fsp3) is 0.133. The van der Waals surface area contributed by atoms with E-state index < -0.39 is 0 Å². The van der Waals surface area contributed by atoms with Gasteiger partial charge in [0.1, 0.15) is 0 Å². The number of hydrogen-bond donors (Lipinski definition) is 2. The molecule has 0 aliphatic rings. The molecule has 0 aliphatic heterocycles. The van der Waals surface area contributed by atoms with Crippen LogP contribution in [-0.2, 0) is 6.54 Å². The lowest BCUT2D eigenvalue weighted by atomic mass is 10.2. The Labute approximate surface area is 131 Å². The molecule has 0 atom stereocenters. The fourth-order valence-corrected chi connectivity index (χ4v) is 2.71. The molecular weight excluding hydrogens is 336 g/mol. The molecule has 2 N–H and O–H groups in total. The molecule has 3 nitrogen and oxygen atoms in total. The number of halogens is 1. The number of benzene rings is 2. The first-order chi connectivity index (χ1) is 9.70. The zero-order chi connectivity index (χ0) is 14.4. The van der Waals surface area contributed by atoms with E-state index in [4.69, 9.17) is 0 Å². The van der Waals surface area contributed by atoms with Crippen molar-refractivity contribution in [2.45, 2.75) is 11.4 Å². The minimum absolute atomic E-state index is 0.206. The van der Waals surface area contributed by atoms with Crippen molar-refractivity contribution in [2.75, 3.05) is 11.6 Å².